The number of anilines is 1. The average Bonchev–Trinajstić information content (AvgIpc) is 3.34. The van der Waals surface area contributed by atoms with Gasteiger partial charge in [0.1, 0.15) is 6.04 Å². The lowest BCUT2D eigenvalue weighted by Crippen LogP contribution is -2.74. The third kappa shape index (κ3) is 4.97. The van der Waals surface area contributed by atoms with Crippen molar-refractivity contribution in [2.24, 2.45) is 23.7 Å². The monoisotopic (exact) mass is 544 g/mol. The van der Waals surface area contributed by atoms with Gasteiger partial charge in [-0.05, 0) is 74.8 Å². The molecule has 37 heavy (non-hydrogen) atoms. The number of hydrogen-bond donors (Lipinski definition) is 2. The first kappa shape index (κ1) is 26.7. The molecule has 206 valence electrons. The summed E-state index contributed by atoms with van der Waals surface area (Å²) in [6.45, 7) is 1.67. The van der Waals surface area contributed by atoms with Gasteiger partial charge >= 0.3 is 6.18 Å². The maximum absolute atomic E-state index is 14.0. The van der Waals surface area contributed by atoms with E-state index in [0.717, 1.165) is 0 Å². The first-order valence-electron chi connectivity index (χ1n) is 13.1. The minimum atomic E-state index is -4.47. The van der Waals surface area contributed by atoms with Gasteiger partial charge in [-0.1, -0.05) is 0 Å². The van der Waals surface area contributed by atoms with Crippen molar-refractivity contribution in [2.75, 3.05) is 45.1 Å². The lowest BCUT2D eigenvalue weighted by molar-refractivity contribution is -0.260. The molecule has 1 amide bonds. The maximum atomic E-state index is 14.0. The van der Waals surface area contributed by atoms with E-state index in [1.165, 1.54) is 26.2 Å². The predicted molar refractivity (Wildman–Crippen MR) is 131 cm³/mol. The zero-order chi connectivity index (χ0) is 26.5. The number of nitrogens with zero attached hydrogens (tertiary/aromatic N) is 3. The third-order valence-corrected chi connectivity index (χ3v) is 10.9. The number of benzene rings is 1. The molecular weight excluding hydrogens is 509 g/mol. The largest absolute Gasteiger partial charge is 0.404 e. The molecule has 8 nitrogen and oxygen atoms in total. The number of hydrogen-bond acceptors (Lipinski definition) is 6. The highest BCUT2D eigenvalue weighted by molar-refractivity contribution is 7.89. The van der Waals surface area contributed by atoms with Gasteiger partial charge in [-0.25, -0.2) is 8.42 Å². The Bertz CT molecular complexity index is 1090. The van der Waals surface area contributed by atoms with E-state index in [4.69, 9.17) is 5.73 Å². The summed E-state index contributed by atoms with van der Waals surface area (Å²) in [6, 6.07) is 3.93. The molecule has 5 rings (SSSR count). The number of aliphatic hydroxyl groups excluding tert-OH is 1. The molecule has 4 aliphatic rings. The molecule has 4 heterocycles. The van der Waals surface area contributed by atoms with E-state index >= 15 is 0 Å². The van der Waals surface area contributed by atoms with Crippen LogP contribution in [-0.2, 0) is 14.8 Å². The molecule has 0 radical (unpaired) electrons. The number of likely N-dealkylation sites (tertiary alicyclic amines) is 1. The van der Waals surface area contributed by atoms with Crippen LogP contribution in [0.3, 0.4) is 0 Å². The van der Waals surface area contributed by atoms with Gasteiger partial charge in [-0.3, -0.25) is 9.69 Å². The van der Waals surface area contributed by atoms with Gasteiger partial charge < -0.3 is 15.7 Å². The highest BCUT2D eigenvalue weighted by Crippen LogP contribution is 2.50. The predicted octanol–water partition coefficient (Wildman–Crippen LogP) is 2.15. The van der Waals surface area contributed by atoms with E-state index in [0.29, 0.717) is 70.5 Å². The van der Waals surface area contributed by atoms with Gasteiger partial charge in [0.05, 0.1) is 10.8 Å². The number of aliphatic hydroxyl groups is 1. The third-order valence-electron chi connectivity index (χ3n) is 9.00. The minimum absolute atomic E-state index is 0.0679. The average molecular weight is 545 g/mol. The number of halogens is 3. The van der Waals surface area contributed by atoms with Crippen LogP contribution in [0.5, 0.6) is 0 Å². The van der Waals surface area contributed by atoms with E-state index in [1.54, 1.807) is 12.1 Å². The Kier molecular flexibility index (Phi) is 7.23. The quantitative estimate of drug-likeness (QED) is 0.551. The molecule has 0 saturated carbocycles. The molecule has 0 spiro atoms. The van der Waals surface area contributed by atoms with Crippen molar-refractivity contribution in [2.45, 2.75) is 55.3 Å². The first-order valence-corrected chi connectivity index (χ1v) is 14.5. The number of nitrogen functional groups attached to an aromatic ring is 1. The van der Waals surface area contributed by atoms with E-state index in [-0.39, 0.29) is 29.3 Å². The van der Waals surface area contributed by atoms with Crippen molar-refractivity contribution in [3.8, 4) is 0 Å². The molecule has 4 fully saturated rings. The minimum Gasteiger partial charge on any atom is -0.399 e. The second-order valence-corrected chi connectivity index (χ2v) is 13.0. The van der Waals surface area contributed by atoms with Crippen molar-refractivity contribution in [3.05, 3.63) is 24.3 Å². The summed E-state index contributed by atoms with van der Waals surface area (Å²) in [5.74, 6) is -1.24. The lowest BCUT2D eigenvalue weighted by Gasteiger charge is -2.59. The van der Waals surface area contributed by atoms with Gasteiger partial charge in [0.15, 0.2) is 0 Å². The van der Waals surface area contributed by atoms with Gasteiger partial charge in [0, 0.05) is 50.4 Å². The molecule has 4 aliphatic heterocycles. The second kappa shape index (κ2) is 10.0. The summed E-state index contributed by atoms with van der Waals surface area (Å²) in [5.41, 5.74) is 6.16. The van der Waals surface area contributed by atoms with Gasteiger partial charge in [-0.2, -0.15) is 17.5 Å². The summed E-state index contributed by atoms with van der Waals surface area (Å²) in [5, 5.41) is 9.40. The van der Waals surface area contributed by atoms with Crippen LogP contribution >= 0.6 is 0 Å². The van der Waals surface area contributed by atoms with Crippen molar-refractivity contribution in [1.29, 1.82) is 0 Å². The topological polar surface area (TPSA) is 107 Å². The van der Waals surface area contributed by atoms with E-state index in [9.17, 15) is 31.5 Å². The van der Waals surface area contributed by atoms with Gasteiger partial charge in [0.2, 0.25) is 15.9 Å². The Morgan fingerprint density at radius 1 is 1.00 bits per heavy atom. The summed E-state index contributed by atoms with van der Waals surface area (Å²) >= 11 is 0. The number of carbonyl (C=O) groups excluding carboxylic acids is 1. The van der Waals surface area contributed by atoms with Crippen LogP contribution in [0.15, 0.2) is 29.2 Å². The normalized spacial score (nSPS) is 32.2. The number of fused-ring (bicyclic) bond motifs is 1. The highest BCUT2D eigenvalue weighted by atomic mass is 32.2. The van der Waals surface area contributed by atoms with Crippen molar-refractivity contribution < 1.29 is 31.5 Å². The standard InChI is InChI=1S/C25H35F3N4O4S/c26-25(27,28)23-22(24(34)30-9-5-16(14-30)15-33)21-13-18(8-12-32(21)23)17-6-10-31(11-7-17)37(35,36)20-3-1-19(29)2-4-20/h1-4,16-18,21-23,33H,5-15,29H2. The van der Waals surface area contributed by atoms with Crippen molar-refractivity contribution >= 4 is 21.6 Å². The Morgan fingerprint density at radius 3 is 2.24 bits per heavy atom. The van der Waals surface area contributed by atoms with Crippen LogP contribution in [0, 0.1) is 23.7 Å². The van der Waals surface area contributed by atoms with Gasteiger partial charge in [0.25, 0.3) is 0 Å². The number of carbonyl (C=O) groups is 1. The zero-order valence-electron chi connectivity index (χ0n) is 20.7. The van der Waals surface area contributed by atoms with Crippen LogP contribution in [0.2, 0.25) is 0 Å². The molecule has 1 aromatic carbocycles. The Hall–Kier alpha value is -1.89. The molecule has 5 atom stereocenters. The highest BCUT2D eigenvalue weighted by Gasteiger charge is 2.65. The molecule has 3 N–H and O–H groups in total. The number of piperidine rings is 2. The lowest BCUT2D eigenvalue weighted by atomic mass is 9.67. The summed E-state index contributed by atoms with van der Waals surface area (Å²) in [6.07, 6.45) is -1.41. The van der Waals surface area contributed by atoms with Crippen LogP contribution < -0.4 is 5.73 Å². The zero-order valence-corrected chi connectivity index (χ0v) is 21.5. The number of alkyl halides is 3. The van der Waals surface area contributed by atoms with Crippen LogP contribution in [0.4, 0.5) is 18.9 Å². The summed E-state index contributed by atoms with van der Waals surface area (Å²) in [4.78, 5) is 16.4. The molecule has 12 heteroatoms. The number of nitrogens with two attached hydrogens (primary N) is 1. The van der Waals surface area contributed by atoms with Gasteiger partial charge in [-0.15, -0.1) is 0 Å². The maximum Gasteiger partial charge on any atom is 0.404 e. The second-order valence-electron chi connectivity index (χ2n) is 11.0. The smallest absolute Gasteiger partial charge is 0.399 e. The van der Waals surface area contributed by atoms with E-state index in [2.05, 4.69) is 0 Å². The molecule has 0 aliphatic carbocycles. The Morgan fingerprint density at radius 2 is 1.65 bits per heavy atom. The Balaban J connectivity index is 1.23. The fraction of sp³-hybridized carbons (Fsp3) is 0.720. The first-order chi connectivity index (χ1) is 17.5. The van der Waals surface area contributed by atoms with Crippen molar-refractivity contribution in [3.63, 3.8) is 0 Å². The molecule has 0 bridgehead atoms. The molecule has 5 unspecified atom stereocenters. The fourth-order valence-corrected chi connectivity index (χ4v) is 8.42. The van der Waals surface area contributed by atoms with Crippen LogP contribution in [0.1, 0.15) is 32.1 Å². The SMILES string of the molecule is Nc1ccc(S(=O)(=O)N2CCC(C3CCN4C(C3)C(C(=O)N3CCC(CO)C3)C4C(F)(F)F)CC2)cc1. The molecule has 0 aromatic heterocycles. The fourth-order valence-electron chi connectivity index (χ4n) is 6.95. The molecule has 1 aromatic rings. The number of sulfonamides is 1. The Labute approximate surface area is 215 Å². The summed E-state index contributed by atoms with van der Waals surface area (Å²) in [7, 11) is -3.62. The molecule has 4 saturated heterocycles. The van der Waals surface area contributed by atoms with E-state index in [1.807, 2.05) is 0 Å². The number of amides is 1. The van der Waals surface area contributed by atoms with E-state index < -0.39 is 40.1 Å². The summed E-state index contributed by atoms with van der Waals surface area (Å²) < 4.78 is 69.4. The molecular formula is C25H35F3N4O4S. The van der Waals surface area contributed by atoms with Crippen LogP contribution in [-0.4, -0.2) is 91.1 Å². The van der Waals surface area contributed by atoms with Crippen LogP contribution in [0.25, 0.3) is 0 Å². The van der Waals surface area contributed by atoms with Crippen molar-refractivity contribution in [1.82, 2.24) is 14.1 Å². The number of rotatable bonds is 5.